The van der Waals surface area contributed by atoms with Gasteiger partial charge in [0.2, 0.25) is 0 Å². The fourth-order valence-electron chi connectivity index (χ4n) is 7.09. The zero-order chi connectivity index (χ0) is 18.1. The summed E-state index contributed by atoms with van der Waals surface area (Å²) in [5.74, 6) is 1.95. The third-order valence-corrected chi connectivity index (χ3v) is 8.73. The molecule has 7 atom stereocenters. The fraction of sp³-hybridized carbons (Fsp3) is 0.727. The first-order valence-corrected chi connectivity index (χ1v) is 9.84. The van der Waals surface area contributed by atoms with E-state index in [1.54, 1.807) is 6.08 Å². The van der Waals surface area contributed by atoms with E-state index in [0.717, 1.165) is 31.2 Å². The van der Waals surface area contributed by atoms with Gasteiger partial charge in [0.15, 0.2) is 5.78 Å². The monoisotopic (exact) mass is 344 g/mol. The number of halogens is 1. The van der Waals surface area contributed by atoms with Gasteiger partial charge >= 0.3 is 0 Å². The Morgan fingerprint density at radius 1 is 1.16 bits per heavy atom. The van der Waals surface area contributed by atoms with Crippen LogP contribution in [0.15, 0.2) is 23.6 Å². The molecule has 0 unspecified atom stereocenters. The maximum atomic E-state index is 14.0. The maximum absolute atomic E-state index is 14.0. The van der Waals surface area contributed by atoms with Crippen LogP contribution in [-0.2, 0) is 9.59 Å². The molecule has 0 aromatic carbocycles. The number of fused-ring (bicyclic) bond motifs is 5. The summed E-state index contributed by atoms with van der Waals surface area (Å²) in [6, 6.07) is 0. The molecule has 0 spiro atoms. The summed E-state index contributed by atoms with van der Waals surface area (Å²) in [6.07, 6.45) is 6.62. The average Bonchev–Trinajstić information content (AvgIpc) is 2.86. The third kappa shape index (κ3) is 2.01. The van der Waals surface area contributed by atoms with E-state index in [1.807, 2.05) is 0 Å². The molecule has 0 aromatic heterocycles. The largest absolute Gasteiger partial charge is 0.299 e. The lowest BCUT2D eigenvalue weighted by Gasteiger charge is -2.61. The van der Waals surface area contributed by atoms with Crippen LogP contribution in [0.5, 0.6) is 0 Å². The molecule has 0 heterocycles. The van der Waals surface area contributed by atoms with Crippen molar-refractivity contribution in [2.45, 2.75) is 59.8 Å². The lowest BCUT2D eigenvalue weighted by molar-refractivity contribution is -0.134. The zero-order valence-electron chi connectivity index (χ0n) is 15.8. The number of hydrogen-bond donors (Lipinski definition) is 0. The van der Waals surface area contributed by atoms with Crippen molar-refractivity contribution < 1.29 is 14.0 Å². The predicted octanol–water partition coefficient (Wildman–Crippen LogP) is 5.04. The molecule has 136 valence electrons. The topological polar surface area (TPSA) is 34.1 Å². The van der Waals surface area contributed by atoms with Gasteiger partial charge in [-0.15, -0.1) is 0 Å². The first kappa shape index (κ1) is 17.2. The summed E-state index contributed by atoms with van der Waals surface area (Å²) in [7, 11) is 0. The molecular weight excluding hydrogens is 315 g/mol. The zero-order valence-corrected chi connectivity index (χ0v) is 15.8. The summed E-state index contributed by atoms with van der Waals surface area (Å²) in [6.45, 7) is 8.67. The van der Waals surface area contributed by atoms with E-state index in [-0.39, 0.29) is 28.4 Å². The minimum atomic E-state index is -0.220. The molecule has 3 heteroatoms. The Morgan fingerprint density at radius 2 is 1.88 bits per heavy atom. The molecule has 3 fully saturated rings. The van der Waals surface area contributed by atoms with Crippen LogP contribution in [0, 0.1) is 40.4 Å². The van der Waals surface area contributed by atoms with Crippen LogP contribution in [0.2, 0.25) is 0 Å². The molecule has 0 amide bonds. The van der Waals surface area contributed by atoms with E-state index in [9.17, 15) is 14.0 Å². The Hall–Kier alpha value is -1.25. The molecule has 4 aliphatic rings. The molecular formula is C22H29FO2. The van der Waals surface area contributed by atoms with E-state index in [4.69, 9.17) is 0 Å². The molecule has 0 aromatic rings. The Bertz CT molecular complexity index is 705. The Kier molecular flexibility index (Phi) is 3.69. The number of carbonyl (C=O) groups excluding carboxylic acids is 2. The highest BCUT2D eigenvalue weighted by Crippen LogP contribution is 2.67. The minimum absolute atomic E-state index is 0.0722. The summed E-state index contributed by atoms with van der Waals surface area (Å²) in [5.41, 5.74) is 1.28. The maximum Gasteiger partial charge on any atom is 0.156 e. The summed E-state index contributed by atoms with van der Waals surface area (Å²) in [4.78, 5) is 24.8. The molecule has 4 aliphatic carbocycles. The van der Waals surface area contributed by atoms with Crippen LogP contribution in [0.25, 0.3) is 0 Å². The summed E-state index contributed by atoms with van der Waals surface area (Å²) in [5, 5.41) is 0. The van der Waals surface area contributed by atoms with Crippen LogP contribution in [0.4, 0.5) is 4.39 Å². The van der Waals surface area contributed by atoms with Crippen molar-refractivity contribution in [1.82, 2.24) is 0 Å². The van der Waals surface area contributed by atoms with Gasteiger partial charge in [-0.25, -0.2) is 4.39 Å². The van der Waals surface area contributed by atoms with Gasteiger partial charge in [0, 0.05) is 18.3 Å². The number of carbonyl (C=O) groups is 2. The number of Topliss-reactive ketones (excluding diaryl/α,β-unsaturated/α-hetero) is 1. The summed E-state index contributed by atoms with van der Waals surface area (Å²) >= 11 is 0. The smallest absolute Gasteiger partial charge is 0.156 e. The second-order valence-electron chi connectivity index (χ2n) is 9.47. The number of allylic oxidation sites excluding steroid dienone is 2. The van der Waals surface area contributed by atoms with Gasteiger partial charge in [-0.1, -0.05) is 27.7 Å². The molecule has 0 N–H and O–H groups in total. The van der Waals surface area contributed by atoms with Crippen molar-refractivity contribution >= 4 is 11.6 Å². The molecule has 0 aliphatic heterocycles. The third-order valence-electron chi connectivity index (χ3n) is 8.73. The van der Waals surface area contributed by atoms with E-state index in [2.05, 4.69) is 27.7 Å². The molecule has 3 saturated carbocycles. The van der Waals surface area contributed by atoms with E-state index < -0.39 is 0 Å². The summed E-state index contributed by atoms with van der Waals surface area (Å²) < 4.78 is 14.0. The van der Waals surface area contributed by atoms with Crippen LogP contribution in [0.1, 0.15) is 59.8 Å². The van der Waals surface area contributed by atoms with Gasteiger partial charge in [-0.05, 0) is 71.5 Å². The highest BCUT2D eigenvalue weighted by molar-refractivity contribution is 5.93. The van der Waals surface area contributed by atoms with Crippen LogP contribution < -0.4 is 0 Å². The number of rotatable bonds is 0. The van der Waals surface area contributed by atoms with Gasteiger partial charge in [0.25, 0.3) is 0 Å². The van der Waals surface area contributed by atoms with Crippen LogP contribution in [0.3, 0.4) is 0 Å². The van der Waals surface area contributed by atoms with Gasteiger partial charge in [0.1, 0.15) is 5.78 Å². The van der Waals surface area contributed by atoms with E-state index >= 15 is 0 Å². The molecule has 0 radical (unpaired) electrons. The molecule has 2 nitrogen and oxygen atoms in total. The predicted molar refractivity (Wildman–Crippen MR) is 95.4 cm³/mol. The van der Waals surface area contributed by atoms with Crippen molar-refractivity contribution in [2.75, 3.05) is 0 Å². The minimum Gasteiger partial charge on any atom is -0.299 e. The highest BCUT2D eigenvalue weighted by atomic mass is 19.1. The molecule has 0 saturated heterocycles. The standard InChI is InChI=1S/C22H29FO2/c1-12-9-14(24)10-18-15(11-23)13(2)20-16-5-6-19(25)21(16,3)8-7-17(20)22(12,18)4/h10-13,16-17,20H,5-9H2,1-4H3/t12-,13-,16+,17+,20+,21+,22-/m1/s1. The van der Waals surface area contributed by atoms with Gasteiger partial charge in [-0.3, -0.25) is 9.59 Å². The van der Waals surface area contributed by atoms with Crippen molar-refractivity contribution in [3.63, 3.8) is 0 Å². The fourth-order valence-corrected chi connectivity index (χ4v) is 7.09. The molecule has 0 bridgehead atoms. The Morgan fingerprint density at radius 3 is 2.56 bits per heavy atom. The van der Waals surface area contributed by atoms with Crippen molar-refractivity contribution in [3.8, 4) is 0 Å². The average molecular weight is 344 g/mol. The molecule has 4 rings (SSSR count). The Labute approximate surface area is 149 Å². The van der Waals surface area contributed by atoms with Gasteiger partial charge in [-0.2, -0.15) is 0 Å². The SMILES string of the molecule is C[C@@H]1C(=CF)C2=CC(=O)C[C@@H](C)[C@]2(C)[C@H]2CC[C@]3(C)C(=O)CC[C@H]3[C@H]12. The lowest BCUT2D eigenvalue weighted by Crippen LogP contribution is -2.56. The second kappa shape index (κ2) is 5.37. The van der Waals surface area contributed by atoms with Gasteiger partial charge < -0.3 is 0 Å². The van der Waals surface area contributed by atoms with E-state index in [0.29, 0.717) is 42.0 Å². The van der Waals surface area contributed by atoms with Crippen molar-refractivity contribution in [2.24, 2.45) is 40.4 Å². The normalized spacial score (nSPS) is 51.0. The lowest BCUT2D eigenvalue weighted by atomic mass is 9.42. The van der Waals surface area contributed by atoms with Gasteiger partial charge in [0.05, 0.1) is 6.33 Å². The Balaban J connectivity index is 1.87. The van der Waals surface area contributed by atoms with Crippen LogP contribution in [-0.4, -0.2) is 11.6 Å². The second-order valence-corrected chi connectivity index (χ2v) is 9.47. The van der Waals surface area contributed by atoms with E-state index in [1.165, 1.54) is 0 Å². The molecule has 25 heavy (non-hydrogen) atoms. The quantitative estimate of drug-likeness (QED) is 0.617. The highest BCUT2D eigenvalue weighted by Gasteiger charge is 2.63. The first-order valence-electron chi connectivity index (χ1n) is 9.84. The van der Waals surface area contributed by atoms with Crippen molar-refractivity contribution in [1.29, 1.82) is 0 Å². The van der Waals surface area contributed by atoms with Crippen molar-refractivity contribution in [3.05, 3.63) is 23.6 Å². The number of ketones is 2. The number of hydrogen-bond acceptors (Lipinski definition) is 2. The van der Waals surface area contributed by atoms with Crippen LogP contribution >= 0.6 is 0 Å². The first-order chi connectivity index (χ1) is 11.7.